The Morgan fingerprint density at radius 1 is 1.29 bits per heavy atom. The third-order valence-corrected chi connectivity index (χ3v) is 4.86. The minimum absolute atomic E-state index is 0.156. The summed E-state index contributed by atoms with van der Waals surface area (Å²) in [7, 11) is 1.60. The molecule has 0 spiro atoms. The number of ether oxygens (including phenoxy) is 1. The van der Waals surface area contributed by atoms with Crippen molar-refractivity contribution in [2.24, 2.45) is 0 Å². The van der Waals surface area contributed by atoms with Gasteiger partial charge in [0.1, 0.15) is 5.75 Å². The zero-order valence-electron chi connectivity index (χ0n) is 13.1. The van der Waals surface area contributed by atoms with Crippen molar-refractivity contribution in [3.8, 4) is 5.75 Å². The normalized spacial score (nSPS) is 17.2. The maximum absolute atomic E-state index is 13.3. The lowest BCUT2D eigenvalue weighted by atomic mass is 9.85. The molecule has 1 saturated carbocycles. The van der Waals surface area contributed by atoms with Gasteiger partial charge in [-0.2, -0.15) is 0 Å². The Morgan fingerprint density at radius 3 is 2.43 bits per heavy atom. The van der Waals surface area contributed by atoms with Crippen LogP contribution in [0.2, 0.25) is 5.02 Å². The molecule has 0 bridgehead atoms. The van der Waals surface area contributed by atoms with Crippen LogP contribution in [-0.2, 0) is 0 Å². The molecular formula is C17H24ClNO2. The van der Waals surface area contributed by atoms with Crippen LogP contribution in [0.3, 0.4) is 0 Å². The first-order valence-corrected chi connectivity index (χ1v) is 8.10. The molecule has 1 aliphatic rings. The summed E-state index contributed by atoms with van der Waals surface area (Å²) in [5, 5.41) is 0.576. The minimum atomic E-state index is -0.387. The number of carbonyl (C=O) groups is 1. The molecule has 1 aliphatic carbocycles. The molecule has 1 aromatic carbocycles. The van der Waals surface area contributed by atoms with E-state index in [1.807, 2.05) is 0 Å². The molecule has 0 N–H and O–H groups in total. The van der Waals surface area contributed by atoms with Crippen molar-refractivity contribution in [2.75, 3.05) is 20.2 Å². The van der Waals surface area contributed by atoms with Gasteiger partial charge in [-0.3, -0.25) is 9.69 Å². The summed E-state index contributed by atoms with van der Waals surface area (Å²) in [5.41, 5.74) is 0.223. The summed E-state index contributed by atoms with van der Waals surface area (Å²) in [5.74, 6) is 0.769. The maximum atomic E-state index is 13.3. The van der Waals surface area contributed by atoms with Crippen molar-refractivity contribution in [3.63, 3.8) is 0 Å². The Labute approximate surface area is 132 Å². The van der Waals surface area contributed by atoms with Crippen molar-refractivity contribution < 1.29 is 9.53 Å². The zero-order chi connectivity index (χ0) is 15.5. The molecule has 0 amide bonds. The quantitative estimate of drug-likeness (QED) is 0.738. The molecule has 0 radical (unpaired) electrons. The first-order valence-electron chi connectivity index (χ1n) is 7.72. The predicted molar refractivity (Wildman–Crippen MR) is 86.5 cm³/mol. The molecule has 0 aromatic heterocycles. The van der Waals surface area contributed by atoms with E-state index in [1.54, 1.807) is 25.3 Å². The van der Waals surface area contributed by atoms with Crippen molar-refractivity contribution in [1.29, 1.82) is 0 Å². The number of hydrogen-bond acceptors (Lipinski definition) is 3. The van der Waals surface area contributed by atoms with Crippen molar-refractivity contribution in [1.82, 2.24) is 4.90 Å². The molecule has 4 heteroatoms. The molecule has 0 atom stereocenters. The van der Waals surface area contributed by atoms with Gasteiger partial charge in [0.15, 0.2) is 5.78 Å². The Bertz CT molecular complexity index is 506. The van der Waals surface area contributed by atoms with E-state index < -0.39 is 0 Å². The van der Waals surface area contributed by atoms with Gasteiger partial charge in [-0.15, -0.1) is 0 Å². The number of likely N-dealkylation sites (N-methyl/N-ethyl adjacent to an activating group) is 1. The second-order valence-electron chi connectivity index (χ2n) is 5.58. The summed E-state index contributed by atoms with van der Waals surface area (Å²) in [6.45, 7) is 5.99. The highest BCUT2D eigenvalue weighted by molar-refractivity contribution is 6.31. The van der Waals surface area contributed by atoms with Gasteiger partial charge in [-0.05, 0) is 44.1 Å². The fraction of sp³-hybridized carbons (Fsp3) is 0.588. The number of benzene rings is 1. The van der Waals surface area contributed by atoms with E-state index in [2.05, 4.69) is 18.7 Å². The van der Waals surface area contributed by atoms with Crippen LogP contribution in [0.4, 0.5) is 0 Å². The van der Waals surface area contributed by atoms with Gasteiger partial charge in [0.25, 0.3) is 0 Å². The molecule has 116 valence electrons. The largest absolute Gasteiger partial charge is 0.496 e. The van der Waals surface area contributed by atoms with Gasteiger partial charge >= 0.3 is 0 Å². The molecule has 0 unspecified atom stereocenters. The zero-order valence-corrected chi connectivity index (χ0v) is 13.9. The molecule has 1 fully saturated rings. The number of rotatable bonds is 6. The number of Topliss-reactive ketones (excluding diaryl/α,β-unsaturated/α-hetero) is 1. The Balaban J connectivity index is 2.46. The molecule has 0 saturated heterocycles. The van der Waals surface area contributed by atoms with E-state index in [0.717, 1.165) is 38.8 Å². The van der Waals surface area contributed by atoms with Gasteiger partial charge in [-0.1, -0.05) is 38.3 Å². The third kappa shape index (κ3) is 2.95. The maximum Gasteiger partial charge on any atom is 0.186 e. The van der Waals surface area contributed by atoms with Crippen molar-refractivity contribution >= 4 is 17.4 Å². The van der Waals surface area contributed by atoms with E-state index >= 15 is 0 Å². The summed E-state index contributed by atoms with van der Waals surface area (Å²) >= 11 is 6.10. The summed E-state index contributed by atoms with van der Waals surface area (Å²) < 4.78 is 5.38. The number of nitrogens with zero attached hydrogens (tertiary/aromatic N) is 1. The molecule has 21 heavy (non-hydrogen) atoms. The molecule has 3 nitrogen and oxygen atoms in total. The van der Waals surface area contributed by atoms with Crippen molar-refractivity contribution in [3.05, 3.63) is 28.8 Å². The second-order valence-corrected chi connectivity index (χ2v) is 6.02. The minimum Gasteiger partial charge on any atom is -0.496 e. The number of carbonyl (C=O) groups excluding carboxylic acids is 1. The number of methoxy groups -OCH3 is 1. The highest BCUT2D eigenvalue weighted by atomic mass is 35.5. The lowest BCUT2D eigenvalue weighted by Gasteiger charge is -2.39. The van der Waals surface area contributed by atoms with Crippen LogP contribution in [0, 0.1) is 0 Å². The Kier molecular flexibility index (Phi) is 5.28. The van der Waals surface area contributed by atoms with Gasteiger partial charge in [0.2, 0.25) is 0 Å². The predicted octanol–water partition coefficient (Wildman–Crippen LogP) is 4.19. The van der Waals surface area contributed by atoms with Gasteiger partial charge in [0.05, 0.1) is 18.2 Å². The Morgan fingerprint density at radius 2 is 1.90 bits per heavy atom. The smallest absolute Gasteiger partial charge is 0.186 e. The van der Waals surface area contributed by atoms with Crippen LogP contribution >= 0.6 is 11.6 Å². The topological polar surface area (TPSA) is 29.5 Å². The van der Waals surface area contributed by atoms with E-state index in [0.29, 0.717) is 16.3 Å². The second kappa shape index (κ2) is 6.80. The fourth-order valence-electron chi connectivity index (χ4n) is 3.58. The number of ketones is 1. The SMILES string of the molecule is CCN(CC)C1(C(=O)c2cc(Cl)ccc2OC)CCCC1. The fourth-order valence-corrected chi connectivity index (χ4v) is 3.76. The van der Waals surface area contributed by atoms with Crippen LogP contribution in [0.1, 0.15) is 49.9 Å². The first kappa shape index (κ1) is 16.3. The standard InChI is InChI=1S/C17H24ClNO2/c1-4-19(5-2)17(10-6-7-11-17)16(20)14-12-13(18)8-9-15(14)21-3/h8-9,12H,4-7,10-11H2,1-3H3. The highest BCUT2D eigenvalue weighted by Gasteiger charge is 2.45. The lowest BCUT2D eigenvalue weighted by Crippen LogP contribution is -2.52. The van der Waals surface area contributed by atoms with E-state index in [1.165, 1.54) is 0 Å². The summed E-state index contributed by atoms with van der Waals surface area (Å²) in [6, 6.07) is 5.28. The van der Waals surface area contributed by atoms with Gasteiger partial charge in [0, 0.05) is 5.02 Å². The van der Waals surface area contributed by atoms with Crippen LogP contribution < -0.4 is 4.74 Å². The van der Waals surface area contributed by atoms with Crippen LogP contribution in [0.25, 0.3) is 0 Å². The number of halogens is 1. The van der Waals surface area contributed by atoms with Crippen LogP contribution in [0.15, 0.2) is 18.2 Å². The molecular weight excluding hydrogens is 286 g/mol. The molecule has 2 rings (SSSR count). The monoisotopic (exact) mass is 309 g/mol. The average molecular weight is 310 g/mol. The number of hydrogen-bond donors (Lipinski definition) is 0. The van der Waals surface area contributed by atoms with E-state index in [-0.39, 0.29) is 11.3 Å². The van der Waals surface area contributed by atoms with E-state index in [4.69, 9.17) is 16.3 Å². The molecule has 0 aliphatic heterocycles. The van der Waals surface area contributed by atoms with Crippen LogP contribution in [0.5, 0.6) is 5.75 Å². The van der Waals surface area contributed by atoms with Crippen molar-refractivity contribution in [2.45, 2.75) is 45.1 Å². The van der Waals surface area contributed by atoms with Crippen LogP contribution in [-0.4, -0.2) is 36.4 Å². The third-order valence-electron chi connectivity index (χ3n) is 4.63. The highest BCUT2D eigenvalue weighted by Crippen LogP contribution is 2.40. The average Bonchev–Trinajstić information content (AvgIpc) is 2.98. The Hall–Kier alpha value is -1.06. The molecule has 0 heterocycles. The van der Waals surface area contributed by atoms with Gasteiger partial charge in [-0.25, -0.2) is 0 Å². The van der Waals surface area contributed by atoms with Gasteiger partial charge < -0.3 is 4.74 Å². The first-order chi connectivity index (χ1) is 10.1. The summed E-state index contributed by atoms with van der Waals surface area (Å²) in [4.78, 5) is 15.6. The van der Waals surface area contributed by atoms with E-state index in [9.17, 15) is 4.79 Å². The lowest BCUT2D eigenvalue weighted by molar-refractivity contribution is 0.0581. The summed E-state index contributed by atoms with van der Waals surface area (Å²) in [6.07, 6.45) is 4.04. The molecule has 1 aromatic rings.